The molecule has 2 aliphatic rings. The summed E-state index contributed by atoms with van der Waals surface area (Å²) in [5.41, 5.74) is 0.976. The van der Waals surface area contributed by atoms with E-state index in [1.165, 1.54) is 12.8 Å². The molecule has 114 valence electrons. The lowest BCUT2D eigenvalue weighted by Gasteiger charge is -2.15. The van der Waals surface area contributed by atoms with Gasteiger partial charge in [0.1, 0.15) is 0 Å². The zero-order valence-electron chi connectivity index (χ0n) is 12.5. The number of aromatic nitrogens is 1. The molecule has 0 aromatic carbocycles. The molecule has 1 aromatic heterocycles. The van der Waals surface area contributed by atoms with Gasteiger partial charge in [-0.05, 0) is 31.7 Å². The molecule has 1 aliphatic heterocycles. The van der Waals surface area contributed by atoms with Gasteiger partial charge in [-0.15, -0.1) is 0 Å². The summed E-state index contributed by atoms with van der Waals surface area (Å²) in [4.78, 5) is 18.4. The van der Waals surface area contributed by atoms with Gasteiger partial charge in [-0.25, -0.2) is 4.98 Å². The summed E-state index contributed by atoms with van der Waals surface area (Å²) < 4.78 is 5.40. The van der Waals surface area contributed by atoms with E-state index in [1.54, 1.807) is 0 Å². The van der Waals surface area contributed by atoms with Gasteiger partial charge in [0.25, 0.3) is 0 Å². The highest BCUT2D eigenvalue weighted by Crippen LogP contribution is 2.32. The maximum absolute atomic E-state index is 11.9. The number of rotatable bonds is 7. The van der Waals surface area contributed by atoms with Gasteiger partial charge < -0.3 is 15.0 Å². The minimum Gasteiger partial charge on any atom is -0.478 e. The van der Waals surface area contributed by atoms with Gasteiger partial charge in [0, 0.05) is 38.2 Å². The fourth-order valence-electron chi connectivity index (χ4n) is 2.87. The topological polar surface area (TPSA) is 54.5 Å². The molecule has 1 atom stereocenters. The molecule has 1 saturated heterocycles. The number of amides is 1. The van der Waals surface area contributed by atoms with Gasteiger partial charge in [0.05, 0.1) is 12.3 Å². The first-order valence-corrected chi connectivity index (χ1v) is 7.85. The highest BCUT2D eigenvalue weighted by molar-refractivity contribution is 5.79. The SMILES string of the molecule is CCOc1cccc(CNCC2CC(=O)N(C3CC3)C2)n1. The second-order valence-corrected chi connectivity index (χ2v) is 5.88. The van der Waals surface area contributed by atoms with Gasteiger partial charge in [-0.3, -0.25) is 4.79 Å². The van der Waals surface area contributed by atoms with Crippen LogP contribution in [0.25, 0.3) is 0 Å². The largest absolute Gasteiger partial charge is 0.478 e. The minimum atomic E-state index is 0.334. The number of nitrogens with one attached hydrogen (secondary N) is 1. The van der Waals surface area contributed by atoms with E-state index in [0.717, 1.165) is 25.3 Å². The maximum atomic E-state index is 11.9. The number of pyridine rings is 1. The van der Waals surface area contributed by atoms with Crippen LogP contribution in [0, 0.1) is 5.92 Å². The molecule has 5 nitrogen and oxygen atoms in total. The molecule has 0 bridgehead atoms. The molecule has 5 heteroatoms. The molecule has 2 fully saturated rings. The Balaban J connectivity index is 1.43. The molecule has 0 radical (unpaired) electrons. The fourth-order valence-corrected chi connectivity index (χ4v) is 2.87. The van der Waals surface area contributed by atoms with Gasteiger partial charge in [0.2, 0.25) is 11.8 Å². The van der Waals surface area contributed by atoms with Crippen LogP contribution in [-0.4, -0.2) is 41.5 Å². The number of hydrogen-bond donors (Lipinski definition) is 1. The molecule has 1 aliphatic carbocycles. The molecule has 1 saturated carbocycles. The van der Waals surface area contributed by atoms with E-state index in [2.05, 4.69) is 15.2 Å². The number of likely N-dealkylation sites (tertiary alicyclic amines) is 1. The molecule has 21 heavy (non-hydrogen) atoms. The highest BCUT2D eigenvalue weighted by atomic mass is 16.5. The molecule has 1 amide bonds. The molecule has 3 rings (SSSR count). The lowest BCUT2D eigenvalue weighted by Crippen LogP contribution is -2.29. The van der Waals surface area contributed by atoms with Crippen molar-refractivity contribution in [3.05, 3.63) is 23.9 Å². The fraction of sp³-hybridized carbons (Fsp3) is 0.625. The number of carbonyl (C=O) groups excluding carboxylic acids is 1. The van der Waals surface area contributed by atoms with Crippen molar-refractivity contribution in [2.75, 3.05) is 19.7 Å². The van der Waals surface area contributed by atoms with Crippen LogP contribution in [0.1, 0.15) is 31.9 Å². The third-order valence-corrected chi connectivity index (χ3v) is 4.04. The molecule has 1 N–H and O–H groups in total. The lowest BCUT2D eigenvalue weighted by molar-refractivity contribution is -0.128. The van der Waals surface area contributed by atoms with Crippen LogP contribution in [0.5, 0.6) is 5.88 Å². The summed E-state index contributed by atoms with van der Waals surface area (Å²) in [5, 5.41) is 3.42. The monoisotopic (exact) mass is 289 g/mol. The van der Waals surface area contributed by atoms with Crippen molar-refractivity contribution in [1.82, 2.24) is 15.2 Å². The average Bonchev–Trinajstić information content (AvgIpc) is 3.24. The standard InChI is InChI=1S/C16H23N3O2/c1-2-21-15-5-3-4-13(18-15)10-17-9-12-8-16(20)19(11-12)14-6-7-14/h3-5,12,14,17H,2,6-11H2,1H3. The number of nitrogens with zero attached hydrogens (tertiary/aromatic N) is 2. The summed E-state index contributed by atoms with van der Waals surface area (Å²) in [6.07, 6.45) is 3.08. The van der Waals surface area contributed by atoms with Crippen LogP contribution in [0.4, 0.5) is 0 Å². The number of carbonyl (C=O) groups is 1. The molecule has 0 spiro atoms. The van der Waals surface area contributed by atoms with Gasteiger partial charge in [-0.2, -0.15) is 0 Å². The second kappa shape index (κ2) is 6.43. The van der Waals surface area contributed by atoms with Crippen molar-refractivity contribution < 1.29 is 9.53 Å². The Hall–Kier alpha value is -1.62. The van der Waals surface area contributed by atoms with E-state index in [4.69, 9.17) is 4.74 Å². The maximum Gasteiger partial charge on any atom is 0.223 e. The minimum absolute atomic E-state index is 0.334. The second-order valence-electron chi connectivity index (χ2n) is 5.88. The van der Waals surface area contributed by atoms with Crippen molar-refractivity contribution >= 4 is 5.91 Å². The summed E-state index contributed by atoms with van der Waals surface area (Å²) >= 11 is 0. The highest BCUT2D eigenvalue weighted by Gasteiger charge is 2.38. The molecule has 1 aromatic rings. The normalized spacial score (nSPS) is 21.9. The van der Waals surface area contributed by atoms with Crippen molar-refractivity contribution in [2.45, 2.75) is 38.8 Å². The zero-order chi connectivity index (χ0) is 14.7. The first-order valence-electron chi connectivity index (χ1n) is 7.85. The zero-order valence-corrected chi connectivity index (χ0v) is 12.5. The van der Waals surface area contributed by atoms with E-state index in [9.17, 15) is 4.79 Å². The van der Waals surface area contributed by atoms with Crippen molar-refractivity contribution in [2.24, 2.45) is 5.92 Å². The average molecular weight is 289 g/mol. The summed E-state index contributed by atoms with van der Waals surface area (Å²) in [7, 11) is 0. The third-order valence-electron chi connectivity index (χ3n) is 4.04. The van der Waals surface area contributed by atoms with E-state index < -0.39 is 0 Å². The Morgan fingerprint density at radius 1 is 1.43 bits per heavy atom. The van der Waals surface area contributed by atoms with Crippen molar-refractivity contribution in [1.29, 1.82) is 0 Å². The van der Waals surface area contributed by atoms with Crippen LogP contribution < -0.4 is 10.1 Å². The van der Waals surface area contributed by atoms with Crippen LogP contribution >= 0.6 is 0 Å². The predicted octanol–water partition coefficient (Wildman–Crippen LogP) is 1.58. The summed E-state index contributed by atoms with van der Waals surface area (Å²) in [6.45, 7) is 5.09. The molecular weight excluding hydrogens is 266 g/mol. The third kappa shape index (κ3) is 3.73. The number of hydrogen-bond acceptors (Lipinski definition) is 4. The lowest BCUT2D eigenvalue weighted by atomic mass is 10.1. The smallest absolute Gasteiger partial charge is 0.223 e. The van der Waals surface area contributed by atoms with Crippen LogP contribution in [0.3, 0.4) is 0 Å². The van der Waals surface area contributed by atoms with Crippen LogP contribution in [-0.2, 0) is 11.3 Å². The molecular formula is C16H23N3O2. The van der Waals surface area contributed by atoms with E-state index in [0.29, 0.717) is 36.8 Å². The van der Waals surface area contributed by atoms with Crippen LogP contribution in [0.2, 0.25) is 0 Å². The van der Waals surface area contributed by atoms with Gasteiger partial charge in [-0.1, -0.05) is 6.07 Å². The molecule has 2 heterocycles. The summed E-state index contributed by atoms with van der Waals surface area (Å²) in [6, 6.07) is 6.37. The quantitative estimate of drug-likeness (QED) is 0.828. The Morgan fingerprint density at radius 2 is 2.29 bits per heavy atom. The van der Waals surface area contributed by atoms with E-state index >= 15 is 0 Å². The Morgan fingerprint density at radius 3 is 3.05 bits per heavy atom. The first-order chi connectivity index (χ1) is 10.3. The summed E-state index contributed by atoms with van der Waals surface area (Å²) in [5.74, 6) is 1.45. The predicted molar refractivity (Wildman–Crippen MR) is 80.0 cm³/mol. The van der Waals surface area contributed by atoms with Gasteiger partial charge in [0.15, 0.2) is 0 Å². The van der Waals surface area contributed by atoms with Crippen molar-refractivity contribution in [3.63, 3.8) is 0 Å². The van der Waals surface area contributed by atoms with E-state index in [1.807, 2.05) is 25.1 Å². The Labute approximate surface area is 125 Å². The first kappa shape index (κ1) is 14.3. The van der Waals surface area contributed by atoms with Crippen molar-refractivity contribution in [3.8, 4) is 5.88 Å². The number of ether oxygens (including phenoxy) is 1. The Kier molecular flexibility index (Phi) is 4.39. The molecule has 1 unspecified atom stereocenters. The van der Waals surface area contributed by atoms with Gasteiger partial charge >= 0.3 is 0 Å². The Bertz CT molecular complexity index is 502. The van der Waals surface area contributed by atoms with Crippen LogP contribution in [0.15, 0.2) is 18.2 Å². The van der Waals surface area contributed by atoms with E-state index in [-0.39, 0.29) is 0 Å².